The van der Waals surface area contributed by atoms with Gasteiger partial charge in [0.15, 0.2) is 11.0 Å². The predicted molar refractivity (Wildman–Crippen MR) is 89.0 cm³/mol. The van der Waals surface area contributed by atoms with E-state index < -0.39 is 0 Å². The van der Waals surface area contributed by atoms with Gasteiger partial charge < -0.3 is 4.57 Å². The standard InChI is InChI=1S/C17H21N3OS/c1-3-20-16(13-9-5-4-8-12(13)2)18-19-17(20)22-15-11-7-6-10-14(15)21/h4-5,8-9,15H,3,6-7,10-11H2,1-2H3/t15-/m1/s1. The molecule has 1 atom stereocenters. The number of nitrogens with zero attached hydrogens (tertiary/aromatic N) is 3. The molecule has 1 fully saturated rings. The Hall–Kier alpha value is -1.62. The van der Waals surface area contributed by atoms with Crippen molar-refractivity contribution < 1.29 is 4.79 Å². The average molecular weight is 315 g/mol. The van der Waals surface area contributed by atoms with Gasteiger partial charge in [-0.15, -0.1) is 10.2 Å². The van der Waals surface area contributed by atoms with E-state index in [1.807, 2.05) is 12.1 Å². The van der Waals surface area contributed by atoms with Crippen LogP contribution >= 0.6 is 11.8 Å². The highest BCUT2D eigenvalue weighted by molar-refractivity contribution is 8.00. The minimum atomic E-state index is 0.0490. The fourth-order valence-electron chi connectivity index (χ4n) is 2.89. The van der Waals surface area contributed by atoms with Crippen molar-refractivity contribution in [2.45, 2.75) is 56.5 Å². The van der Waals surface area contributed by atoms with Crippen LogP contribution in [0.2, 0.25) is 0 Å². The third-order valence-electron chi connectivity index (χ3n) is 4.17. The van der Waals surface area contributed by atoms with E-state index in [4.69, 9.17) is 0 Å². The minimum Gasteiger partial charge on any atom is -0.302 e. The lowest BCUT2D eigenvalue weighted by atomic mass is 9.99. The van der Waals surface area contributed by atoms with Crippen LogP contribution < -0.4 is 0 Å². The zero-order chi connectivity index (χ0) is 15.5. The van der Waals surface area contributed by atoms with E-state index in [1.165, 1.54) is 5.56 Å². The van der Waals surface area contributed by atoms with Gasteiger partial charge in [-0.3, -0.25) is 4.79 Å². The second-order valence-corrected chi connectivity index (χ2v) is 6.85. The molecule has 0 bridgehead atoms. The van der Waals surface area contributed by atoms with E-state index in [1.54, 1.807) is 11.8 Å². The Balaban J connectivity index is 1.91. The second-order valence-electron chi connectivity index (χ2n) is 5.68. The summed E-state index contributed by atoms with van der Waals surface area (Å²) in [6.07, 6.45) is 3.83. The number of hydrogen-bond donors (Lipinski definition) is 0. The fourth-order valence-corrected chi connectivity index (χ4v) is 4.11. The van der Waals surface area contributed by atoms with Gasteiger partial charge in [-0.25, -0.2) is 0 Å². The number of carbonyl (C=O) groups is 1. The molecular weight excluding hydrogens is 294 g/mol. The summed E-state index contributed by atoms with van der Waals surface area (Å²) in [5.74, 6) is 1.26. The predicted octanol–water partition coefficient (Wildman–Crippen LogP) is 3.88. The van der Waals surface area contributed by atoms with Crippen molar-refractivity contribution in [2.75, 3.05) is 0 Å². The summed E-state index contributed by atoms with van der Waals surface area (Å²) in [6, 6.07) is 8.21. The molecule has 0 aliphatic heterocycles. The molecule has 5 heteroatoms. The summed E-state index contributed by atoms with van der Waals surface area (Å²) in [7, 11) is 0. The molecule has 0 N–H and O–H groups in total. The second kappa shape index (κ2) is 6.65. The summed E-state index contributed by atoms with van der Waals surface area (Å²) in [5.41, 5.74) is 2.30. The Morgan fingerprint density at radius 1 is 1.27 bits per heavy atom. The Morgan fingerprint density at radius 3 is 2.82 bits per heavy atom. The van der Waals surface area contributed by atoms with E-state index in [9.17, 15) is 4.79 Å². The smallest absolute Gasteiger partial charge is 0.192 e. The molecule has 1 aliphatic rings. The van der Waals surface area contributed by atoms with Crippen molar-refractivity contribution >= 4 is 17.5 Å². The van der Waals surface area contributed by atoms with Gasteiger partial charge in [0, 0.05) is 18.5 Å². The number of hydrogen-bond acceptors (Lipinski definition) is 4. The van der Waals surface area contributed by atoms with Crippen molar-refractivity contribution in [1.82, 2.24) is 14.8 Å². The molecular formula is C17H21N3OS. The molecule has 0 spiro atoms. The number of benzene rings is 1. The van der Waals surface area contributed by atoms with Gasteiger partial charge in [0.2, 0.25) is 0 Å². The van der Waals surface area contributed by atoms with Crippen LogP contribution in [0.4, 0.5) is 0 Å². The average Bonchev–Trinajstić information content (AvgIpc) is 2.92. The normalized spacial score (nSPS) is 18.6. The van der Waals surface area contributed by atoms with Crippen molar-refractivity contribution in [1.29, 1.82) is 0 Å². The summed E-state index contributed by atoms with van der Waals surface area (Å²) in [4.78, 5) is 12.1. The maximum absolute atomic E-state index is 12.1. The number of Topliss-reactive ketones (excluding diaryl/α,β-unsaturated/α-hetero) is 1. The van der Waals surface area contributed by atoms with Gasteiger partial charge in [0.25, 0.3) is 0 Å². The van der Waals surface area contributed by atoms with Gasteiger partial charge in [-0.2, -0.15) is 0 Å². The topological polar surface area (TPSA) is 47.8 Å². The van der Waals surface area contributed by atoms with Crippen LogP contribution in [0.3, 0.4) is 0 Å². The molecule has 0 saturated heterocycles. The molecule has 1 heterocycles. The third-order valence-corrected chi connectivity index (χ3v) is 5.46. The lowest BCUT2D eigenvalue weighted by Crippen LogP contribution is -2.21. The molecule has 1 saturated carbocycles. The first kappa shape index (κ1) is 15.3. The minimum absolute atomic E-state index is 0.0490. The van der Waals surface area contributed by atoms with Crippen molar-refractivity contribution in [2.24, 2.45) is 0 Å². The first-order valence-electron chi connectivity index (χ1n) is 7.89. The van der Waals surface area contributed by atoms with Crippen LogP contribution in [0.15, 0.2) is 29.4 Å². The van der Waals surface area contributed by atoms with E-state index >= 15 is 0 Å². The van der Waals surface area contributed by atoms with Crippen LogP contribution in [0.5, 0.6) is 0 Å². The molecule has 1 aromatic carbocycles. The summed E-state index contributed by atoms with van der Waals surface area (Å²) >= 11 is 1.59. The Morgan fingerprint density at radius 2 is 2.09 bits per heavy atom. The van der Waals surface area contributed by atoms with Gasteiger partial charge in [0.05, 0.1) is 5.25 Å². The first-order valence-corrected chi connectivity index (χ1v) is 8.77. The summed E-state index contributed by atoms with van der Waals surface area (Å²) in [5, 5.41) is 9.66. The van der Waals surface area contributed by atoms with Crippen LogP contribution in [0.25, 0.3) is 11.4 Å². The molecule has 1 aliphatic carbocycles. The zero-order valence-corrected chi connectivity index (χ0v) is 13.9. The van der Waals surface area contributed by atoms with Gasteiger partial charge >= 0.3 is 0 Å². The lowest BCUT2D eigenvalue weighted by Gasteiger charge is -2.19. The molecule has 0 unspecified atom stereocenters. The number of aryl methyl sites for hydroxylation is 1. The van der Waals surface area contributed by atoms with Crippen molar-refractivity contribution in [3.8, 4) is 11.4 Å². The highest BCUT2D eigenvalue weighted by Gasteiger charge is 2.26. The molecule has 3 rings (SSSR count). The van der Waals surface area contributed by atoms with E-state index in [0.29, 0.717) is 12.2 Å². The molecule has 0 radical (unpaired) electrons. The van der Waals surface area contributed by atoms with Gasteiger partial charge in [-0.1, -0.05) is 42.4 Å². The van der Waals surface area contributed by atoms with Crippen molar-refractivity contribution in [3.05, 3.63) is 29.8 Å². The van der Waals surface area contributed by atoms with Crippen LogP contribution in [0, 0.1) is 6.92 Å². The van der Waals surface area contributed by atoms with Crippen molar-refractivity contribution in [3.63, 3.8) is 0 Å². The van der Waals surface area contributed by atoms with Crippen LogP contribution in [-0.4, -0.2) is 25.8 Å². The van der Waals surface area contributed by atoms with Crippen LogP contribution in [0.1, 0.15) is 38.2 Å². The SMILES string of the molecule is CCn1c(S[C@@H]2CCCCC2=O)nnc1-c1ccccc1C. The van der Waals surface area contributed by atoms with Crippen LogP contribution in [-0.2, 0) is 11.3 Å². The van der Waals surface area contributed by atoms with Gasteiger partial charge in [0.1, 0.15) is 5.78 Å². The van der Waals surface area contributed by atoms with E-state index in [0.717, 1.165) is 42.4 Å². The molecule has 2 aromatic rings. The molecule has 1 aromatic heterocycles. The highest BCUT2D eigenvalue weighted by Crippen LogP contribution is 2.33. The summed E-state index contributed by atoms with van der Waals surface area (Å²) < 4.78 is 2.12. The molecule has 116 valence electrons. The maximum Gasteiger partial charge on any atom is 0.192 e. The fraction of sp³-hybridized carbons (Fsp3) is 0.471. The Kier molecular flexibility index (Phi) is 4.62. The number of aromatic nitrogens is 3. The lowest BCUT2D eigenvalue weighted by molar-refractivity contribution is -0.119. The molecule has 22 heavy (non-hydrogen) atoms. The number of carbonyl (C=O) groups excluding carboxylic acids is 1. The Bertz CT molecular complexity index is 680. The number of thioether (sulfide) groups is 1. The van der Waals surface area contributed by atoms with E-state index in [2.05, 4.69) is 40.7 Å². The summed E-state index contributed by atoms with van der Waals surface area (Å²) in [6.45, 7) is 4.99. The van der Waals surface area contributed by atoms with Gasteiger partial charge in [-0.05, 0) is 32.3 Å². The zero-order valence-electron chi connectivity index (χ0n) is 13.1. The maximum atomic E-state index is 12.1. The third kappa shape index (κ3) is 2.95. The number of rotatable bonds is 4. The molecule has 0 amide bonds. The quantitative estimate of drug-likeness (QED) is 0.859. The number of ketones is 1. The van der Waals surface area contributed by atoms with E-state index in [-0.39, 0.29) is 5.25 Å². The Labute approximate surface area is 135 Å². The monoisotopic (exact) mass is 315 g/mol. The molecule has 4 nitrogen and oxygen atoms in total. The highest BCUT2D eigenvalue weighted by atomic mass is 32.2. The largest absolute Gasteiger partial charge is 0.302 e. The first-order chi connectivity index (χ1) is 10.7.